The summed E-state index contributed by atoms with van der Waals surface area (Å²) in [7, 11) is 0. The van der Waals surface area contributed by atoms with Crippen molar-refractivity contribution < 1.29 is 51.4 Å². The maximum atomic E-state index is 11.1. The van der Waals surface area contributed by atoms with Crippen molar-refractivity contribution in [3.63, 3.8) is 0 Å². The fourth-order valence-electron chi connectivity index (χ4n) is 1.04. The number of hydrogen-bond acceptors (Lipinski definition) is 2. The molecule has 4 heteroatoms. The molecule has 0 atom stereocenters. The predicted molar refractivity (Wildman–Crippen MR) is 42.4 cm³/mol. The van der Waals surface area contributed by atoms with E-state index in [4.69, 9.17) is 0 Å². The summed E-state index contributed by atoms with van der Waals surface area (Å²) < 4.78 is 0. The van der Waals surface area contributed by atoms with Gasteiger partial charge in [0.25, 0.3) is 5.56 Å². The Hall–Kier alpha value is -0.00364. The van der Waals surface area contributed by atoms with Crippen LogP contribution >= 0.6 is 0 Å². The Morgan fingerprint density at radius 3 is 2.75 bits per heavy atom. The zero-order valence-electron chi connectivity index (χ0n) is 6.74. The summed E-state index contributed by atoms with van der Waals surface area (Å²) in [4.78, 5) is 11.1. The van der Waals surface area contributed by atoms with Gasteiger partial charge < -0.3 is 0 Å². The van der Waals surface area contributed by atoms with Gasteiger partial charge in [-0.3, -0.25) is 4.79 Å². The summed E-state index contributed by atoms with van der Waals surface area (Å²) in [5.41, 5.74) is -0.136. The number of nitrogens with one attached hydrogen (secondary N) is 1. The van der Waals surface area contributed by atoms with Crippen LogP contribution in [-0.4, -0.2) is 10.2 Å². The smallest absolute Gasteiger partial charge is 0.267 e. The van der Waals surface area contributed by atoms with Crippen molar-refractivity contribution in [1.29, 1.82) is 0 Å². The number of aromatic nitrogens is 2. The molecule has 0 unspecified atom stereocenters. The van der Waals surface area contributed by atoms with E-state index in [1.807, 2.05) is 18.2 Å². The molecule has 0 fully saturated rings. The summed E-state index contributed by atoms with van der Waals surface area (Å²) in [5, 5.41) is 7.60. The van der Waals surface area contributed by atoms with Gasteiger partial charge in [-0.1, -0.05) is 18.2 Å². The molecule has 12 heavy (non-hydrogen) atoms. The zero-order valence-corrected chi connectivity index (χ0v) is 9.87. The fraction of sp³-hybridized carbons (Fsp3) is 0. The van der Waals surface area contributed by atoms with Gasteiger partial charge in [-0.25, -0.2) is 5.10 Å². The Labute approximate surface area is 112 Å². The molecule has 0 bridgehead atoms. The molecule has 1 heterocycles. The molecule has 0 saturated heterocycles. The van der Waals surface area contributed by atoms with Crippen molar-refractivity contribution in [1.82, 2.24) is 10.2 Å². The van der Waals surface area contributed by atoms with Crippen molar-refractivity contribution in [2.45, 2.75) is 0 Å². The van der Waals surface area contributed by atoms with Crippen LogP contribution in [0.2, 0.25) is 0 Å². The second-order valence-electron chi connectivity index (χ2n) is 2.29. The summed E-state index contributed by atoms with van der Waals surface area (Å²) in [6, 6.07) is 7.34. The van der Waals surface area contributed by atoms with E-state index in [0.717, 1.165) is 5.39 Å². The van der Waals surface area contributed by atoms with Crippen molar-refractivity contribution in [2.24, 2.45) is 0 Å². The molecule has 2 aromatic rings. The number of H-pyrrole nitrogens is 1. The summed E-state index contributed by atoms with van der Waals surface area (Å²) in [6.07, 6.45) is 1.64. The van der Waals surface area contributed by atoms with Gasteiger partial charge in [-0.15, -0.1) is 0 Å². The Morgan fingerprint density at radius 2 is 2.00 bits per heavy atom. The van der Waals surface area contributed by atoms with Gasteiger partial charge in [0.2, 0.25) is 0 Å². The molecule has 0 saturated carbocycles. The number of fused-ring (bicyclic) bond motifs is 1. The molecule has 1 aromatic carbocycles. The molecule has 1 aromatic heterocycles. The molecule has 2 rings (SSSR count). The molecular formula is C8H6KN2O+. The van der Waals surface area contributed by atoms with Crippen molar-refractivity contribution >= 4 is 10.8 Å². The maximum Gasteiger partial charge on any atom is 1.00 e. The van der Waals surface area contributed by atoms with Crippen molar-refractivity contribution in [3.8, 4) is 0 Å². The molecular weight excluding hydrogens is 179 g/mol. The third-order valence-electron chi connectivity index (χ3n) is 1.58. The summed E-state index contributed by atoms with van der Waals surface area (Å²) in [5.74, 6) is 0. The van der Waals surface area contributed by atoms with E-state index >= 15 is 0 Å². The van der Waals surface area contributed by atoms with E-state index in [1.165, 1.54) is 0 Å². The van der Waals surface area contributed by atoms with Crippen LogP contribution in [-0.2, 0) is 0 Å². The largest absolute Gasteiger partial charge is 1.00 e. The minimum atomic E-state index is -0.136. The van der Waals surface area contributed by atoms with Crippen LogP contribution in [0.5, 0.6) is 0 Å². The average molecular weight is 185 g/mol. The Morgan fingerprint density at radius 1 is 1.25 bits per heavy atom. The molecule has 0 aliphatic rings. The fourth-order valence-corrected chi connectivity index (χ4v) is 1.04. The normalized spacial score (nSPS) is 9.33. The van der Waals surface area contributed by atoms with Gasteiger partial charge in [-0.05, 0) is 6.07 Å². The van der Waals surface area contributed by atoms with Crippen LogP contribution in [0.4, 0.5) is 0 Å². The van der Waals surface area contributed by atoms with Crippen LogP contribution in [0.3, 0.4) is 0 Å². The molecule has 3 nitrogen and oxygen atoms in total. The quantitative estimate of drug-likeness (QED) is 0.479. The van der Waals surface area contributed by atoms with Gasteiger partial charge in [0.1, 0.15) is 0 Å². The summed E-state index contributed by atoms with van der Waals surface area (Å²) in [6.45, 7) is 0. The van der Waals surface area contributed by atoms with Crippen LogP contribution < -0.4 is 56.9 Å². The first-order valence-corrected chi connectivity index (χ1v) is 3.30. The minimum absolute atomic E-state index is 0. The molecule has 0 aliphatic heterocycles. The monoisotopic (exact) mass is 185 g/mol. The van der Waals surface area contributed by atoms with E-state index in [2.05, 4.69) is 10.2 Å². The Balaban J connectivity index is 0.000000720. The first kappa shape index (κ1) is 10.1. The third-order valence-corrected chi connectivity index (χ3v) is 1.58. The first-order chi connectivity index (χ1) is 5.38. The Bertz CT molecular complexity index is 433. The number of rotatable bonds is 0. The van der Waals surface area contributed by atoms with Crippen LogP contribution in [0.15, 0.2) is 35.3 Å². The molecule has 0 amide bonds. The molecule has 54 valence electrons. The number of benzene rings is 1. The maximum absolute atomic E-state index is 11.1. The second kappa shape index (κ2) is 4.29. The van der Waals surface area contributed by atoms with Gasteiger partial charge in [0, 0.05) is 10.8 Å². The standard InChI is InChI=1S/C8H6N2O.K/c11-8-7-4-2-1-3-6(7)5-9-10-8;/h1-5H,(H,10,11);/q;+1. The summed E-state index contributed by atoms with van der Waals surface area (Å²) >= 11 is 0. The molecule has 0 spiro atoms. The van der Waals surface area contributed by atoms with Crippen LogP contribution in [0.25, 0.3) is 10.8 Å². The SMILES string of the molecule is O=c1[nH]ncc2ccccc12.[K+]. The number of aromatic amines is 1. The van der Waals surface area contributed by atoms with E-state index in [1.54, 1.807) is 12.3 Å². The van der Waals surface area contributed by atoms with Gasteiger partial charge >= 0.3 is 51.4 Å². The van der Waals surface area contributed by atoms with Crippen molar-refractivity contribution in [2.75, 3.05) is 0 Å². The number of hydrogen-bond donors (Lipinski definition) is 1. The Kier molecular flexibility index (Phi) is 3.61. The average Bonchev–Trinajstić information content (AvgIpc) is 2.06. The zero-order chi connectivity index (χ0) is 7.68. The van der Waals surface area contributed by atoms with Gasteiger partial charge in [0.15, 0.2) is 0 Å². The molecule has 1 N–H and O–H groups in total. The minimum Gasteiger partial charge on any atom is -0.267 e. The topological polar surface area (TPSA) is 45.8 Å². The van der Waals surface area contributed by atoms with Crippen molar-refractivity contribution in [3.05, 3.63) is 40.8 Å². The van der Waals surface area contributed by atoms with E-state index in [0.29, 0.717) is 5.39 Å². The van der Waals surface area contributed by atoms with Crippen LogP contribution in [0.1, 0.15) is 0 Å². The number of nitrogens with zero attached hydrogens (tertiary/aromatic N) is 1. The van der Waals surface area contributed by atoms with E-state index in [-0.39, 0.29) is 56.9 Å². The van der Waals surface area contributed by atoms with Crippen LogP contribution in [0, 0.1) is 0 Å². The second-order valence-corrected chi connectivity index (χ2v) is 2.29. The van der Waals surface area contributed by atoms with E-state index < -0.39 is 0 Å². The van der Waals surface area contributed by atoms with Gasteiger partial charge in [0.05, 0.1) is 6.20 Å². The molecule has 0 aliphatic carbocycles. The van der Waals surface area contributed by atoms with Gasteiger partial charge in [-0.2, -0.15) is 5.10 Å². The van der Waals surface area contributed by atoms with E-state index in [9.17, 15) is 4.79 Å². The molecule has 0 radical (unpaired) electrons. The first-order valence-electron chi connectivity index (χ1n) is 3.30. The third kappa shape index (κ3) is 1.84. The predicted octanol–water partition coefficient (Wildman–Crippen LogP) is -2.07.